The van der Waals surface area contributed by atoms with E-state index in [-0.39, 0.29) is 0 Å². The molecule has 0 spiro atoms. The maximum atomic E-state index is 11.1. The van der Waals surface area contributed by atoms with Crippen molar-refractivity contribution in [2.75, 3.05) is 0 Å². The highest BCUT2D eigenvalue weighted by Crippen LogP contribution is 2.26. The molecule has 0 saturated heterocycles. The van der Waals surface area contributed by atoms with Crippen LogP contribution in [0.3, 0.4) is 0 Å². The van der Waals surface area contributed by atoms with Crippen LogP contribution in [0.5, 0.6) is 0 Å². The van der Waals surface area contributed by atoms with Gasteiger partial charge in [-0.05, 0) is 12.0 Å². The van der Waals surface area contributed by atoms with Gasteiger partial charge in [0.05, 0.1) is 5.25 Å². The normalized spacial score (nSPS) is 13.7. The monoisotopic (exact) mass is 227 g/mol. The lowest BCUT2D eigenvalue weighted by atomic mass is 10.1. The first-order valence-electron chi connectivity index (χ1n) is 5.05. The van der Waals surface area contributed by atoms with Crippen LogP contribution in [0, 0.1) is 0 Å². The SMILES string of the molecule is CCCCC(c1ccccc1)S(=O)(=O)[O-]. The smallest absolute Gasteiger partial charge is 0.102 e. The van der Waals surface area contributed by atoms with Crippen LogP contribution in [0.2, 0.25) is 0 Å². The van der Waals surface area contributed by atoms with Crippen molar-refractivity contribution < 1.29 is 13.0 Å². The first-order chi connectivity index (χ1) is 7.05. The third kappa shape index (κ3) is 3.64. The summed E-state index contributed by atoms with van der Waals surface area (Å²) in [5.74, 6) is 0. The zero-order valence-corrected chi connectivity index (χ0v) is 9.53. The first-order valence-corrected chi connectivity index (χ1v) is 6.52. The van der Waals surface area contributed by atoms with E-state index in [0.717, 1.165) is 12.8 Å². The fourth-order valence-electron chi connectivity index (χ4n) is 1.53. The van der Waals surface area contributed by atoms with E-state index in [2.05, 4.69) is 0 Å². The zero-order chi connectivity index (χ0) is 11.3. The predicted octanol–water partition coefficient (Wildman–Crippen LogP) is 2.46. The molecule has 0 saturated carbocycles. The van der Waals surface area contributed by atoms with E-state index in [1.807, 2.05) is 6.92 Å². The van der Waals surface area contributed by atoms with Gasteiger partial charge in [-0.25, -0.2) is 8.42 Å². The topological polar surface area (TPSA) is 57.2 Å². The minimum absolute atomic E-state index is 0.409. The van der Waals surface area contributed by atoms with Crippen LogP contribution in [-0.2, 0) is 10.1 Å². The average molecular weight is 227 g/mol. The minimum atomic E-state index is -4.24. The molecule has 3 nitrogen and oxygen atoms in total. The van der Waals surface area contributed by atoms with Gasteiger partial charge in [0, 0.05) is 0 Å². The minimum Gasteiger partial charge on any atom is -0.747 e. The molecule has 0 aliphatic rings. The summed E-state index contributed by atoms with van der Waals surface area (Å²) in [4.78, 5) is 0. The molecule has 84 valence electrons. The summed E-state index contributed by atoms with van der Waals surface area (Å²) in [6, 6.07) is 8.68. The van der Waals surface area contributed by atoms with Crippen molar-refractivity contribution in [3.8, 4) is 0 Å². The molecule has 0 heterocycles. The molecule has 0 fully saturated rings. The molecule has 1 rings (SSSR count). The Balaban J connectivity index is 2.92. The van der Waals surface area contributed by atoms with Gasteiger partial charge >= 0.3 is 0 Å². The van der Waals surface area contributed by atoms with Gasteiger partial charge < -0.3 is 4.55 Å². The van der Waals surface area contributed by atoms with E-state index in [1.165, 1.54) is 0 Å². The molecule has 0 amide bonds. The van der Waals surface area contributed by atoms with Gasteiger partial charge in [0.25, 0.3) is 0 Å². The lowest BCUT2D eigenvalue weighted by Gasteiger charge is -2.20. The molecule has 0 radical (unpaired) electrons. The standard InChI is InChI=1S/C11H16O3S/c1-2-3-9-11(15(12,13)14)10-7-5-4-6-8-10/h4-8,11H,2-3,9H2,1H3,(H,12,13,14)/p-1. The fraction of sp³-hybridized carbons (Fsp3) is 0.455. The van der Waals surface area contributed by atoms with Crippen LogP contribution in [0.4, 0.5) is 0 Å². The highest BCUT2D eigenvalue weighted by molar-refractivity contribution is 7.86. The molecule has 0 aromatic heterocycles. The van der Waals surface area contributed by atoms with Gasteiger partial charge in [0.15, 0.2) is 0 Å². The number of hydrogen-bond acceptors (Lipinski definition) is 3. The fourth-order valence-corrected chi connectivity index (χ4v) is 2.48. The summed E-state index contributed by atoms with van der Waals surface area (Å²) in [5, 5.41) is -0.890. The second kappa shape index (κ2) is 5.28. The van der Waals surface area contributed by atoms with E-state index in [0.29, 0.717) is 12.0 Å². The van der Waals surface area contributed by atoms with Crippen molar-refractivity contribution in [3.63, 3.8) is 0 Å². The van der Waals surface area contributed by atoms with E-state index >= 15 is 0 Å². The molecule has 1 unspecified atom stereocenters. The van der Waals surface area contributed by atoms with Crippen molar-refractivity contribution in [1.82, 2.24) is 0 Å². The first kappa shape index (κ1) is 12.2. The van der Waals surface area contributed by atoms with Gasteiger partial charge in [0.2, 0.25) is 0 Å². The molecule has 0 bridgehead atoms. The maximum absolute atomic E-state index is 11.1. The Hall–Kier alpha value is -0.870. The van der Waals surface area contributed by atoms with Crippen LogP contribution in [-0.4, -0.2) is 13.0 Å². The largest absolute Gasteiger partial charge is 0.747 e. The second-order valence-electron chi connectivity index (χ2n) is 3.53. The Kier molecular flexibility index (Phi) is 4.29. The number of benzene rings is 1. The number of hydrogen-bond donors (Lipinski definition) is 0. The third-order valence-corrected chi connectivity index (χ3v) is 3.54. The van der Waals surface area contributed by atoms with Gasteiger partial charge in [-0.15, -0.1) is 0 Å². The Morgan fingerprint density at radius 2 is 1.87 bits per heavy atom. The van der Waals surface area contributed by atoms with E-state index in [9.17, 15) is 13.0 Å². The quantitative estimate of drug-likeness (QED) is 0.726. The molecular formula is C11H15O3S-. The summed E-state index contributed by atoms with van der Waals surface area (Å²) < 4.78 is 33.2. The van der Waals surface area contributed by atoms with Crippen molar-refractivity contribution in [1.29, 1.82) is 0 Å². The highest BCUT2D eigenvalue weighted by atomic mass is 32.2. The summed E-state index contributed by atoms with van der Waals surface area (Å²) in [7, 11) is -4.24. The maximum Gasteiger partial charge on any atom is 0.102 e. The molecule has 4 heteroatoms. The lowest BCUT2D eigenvalue weighted by molar-refractivity contribution is 0.443. The Bertz CT molecular complexity index is 384. The van der Waals surface area contributed by atoms with Gasteiger partial charge in [-0.3, -0.25) is 0 Å². The van der Waals surface area contributed by atoms with Crippen LogP contribution in [0.15, 0.2) is 30.3 Å². The Labute approximate surface area is 90.9 Å². The van der Waals surface area contributed by atoms with Crippen LogP contribution in [0.1, 0.15) is 37.0 Å². The van der Waals surface area contributed by atoms with Crippen molar-refractivity contribution >= 4 is 10.1 Å². The van der Waals surface area contributed by atoms with E-state index in [4.69, 9.17) is 0 Å². The molecule has 0 aliphatic carbocycles. The summed E-state index contributed by atoms with van der Waals surface area (Å²) in [5.41, 5.74) is 0.598. The van der Waals surface area contributed by atoms with E-state index in [1.54, 1.807) is 30.3 Å². The summed E-state index contributed by atoms with van der Waals surface area (Å²) in [6.45, 7) is 1.97. The molecule has 1 aromatic rings. The summed E-state index contributed by atoms with van der Waals surface area (Å²) in [6.07, 6.45) is 2.05. The Morgan fingerprint density at radius 1 is 1.27 bits per heavy atom. The van der Waals surface area contributed by atoms with Gasteiger partial charge in [0.1, 0.15) is 10.1 Å². The molecule has 1 aromatic carbocycles. The van der Waals surface area contributed by atoms with Crippen LogP contribution < -0.4 is 0 Å². The lowest BCUT2D eigenvalue weighted by Crippen LogP contribution is -2.12. The van der Waals surface area contributed by atoms with Crippen molar-refractivity contribution in [2.24, 2.45) is 0 Å². The second-order valence-corrected chi connectivity index (χ2v) is 5.09. The van der Waals surface area contributed by atoms with Crippen molar-refractivity contribution in [3.05, 3.63) is 35.9 Å². The number of unbranched alkanes of at least 4 members (excludes halogenated alkanes) is 1. The Morgan fingerprint density at radius 3 is 2.33 bits per heavy atom. The molecule has 0 aliphatic heterocycles. The molecular weight excluding hydrogens is 212 g/mol. The molecule has 15 heavy (non-hydrogen) atoms. The van der Waals surface area contributed by atoms with E-state index < -0.39 is 15.4 Å². The average Bonchev–Trinajstić information content (AvgIpc) is 2.18. The number of rotatable bonds is 5. The highest BCUT2D eigenvalue weighted by Gasteiger charge is 2.17. The van der Waals surface area contributed by atoms with Crippen LogP contribution in [0.25, 0.3) is 0 Å². The predicted molar refractivity (Wildman–Crippen MR) is 58.4 cm³/mol. The summed E-state index contributed by atoms with van der Waals surface area (Å²) >= 11 is 0. The van der Waals surface area contributed by atoms with Gasteiger partial charge in [-0.2, -0.15) is 0 Å². The molecule has 1 atom stereocenters. The van der Waals surface area contributed by atoms with Gasteiger partial charge in [-0.1, -0.05) is 50.1 Å². The zero-order valence-electron chi connectivity index (χ0n) is 8.72. The molecule has 0 N–H and O–H groups in total. The van der Waals surface area contributed by atoms with Crippen molar-refractivity contribution in [2.45, 2.75) is 31.4 Å². The third-order valence-electron chi connectivity index (χ3n) is 2.34. The van der Waals surface area contributed by atoms with Crippen LogP contribution >= 0.6 is 0 Å².